The van der Waals surface area contributed by atoms with Crippen LogP contribution in [0.3, 0.4) is 0 Å². The summed E-state index contributed by atoms with van der Waals surface area (Å²) in [4.78, 5) is 0. The van der Waals surface area contributed by atoms with Crippen LogP contribution in [0.5, 0.6) is 5.75 Å². The predicted molar refractivity (Wildman–Crippen MR) is 69.0 cm³/mol. The number of methoxy groups -OCH3 is 1. The van der Waals surface area contributed by atoms with Crippen molar-refractivity contribution in [2.24, 2.45) is 5.92 Å². The van der Waals surface area contributed by atoms with Crippen molar-refractivity contribution in [3.05, 3.63) is 23.8 Å². The number of hydrogen-bond donors (Lipinski definition) is 1. The highest BCUT2D eigenvalue weighted by Gasteiger charge is 2.15. The number of hydrogen-bond acceptors (Lipinski definition) is 3. The van der Waals surface area contributed by atoms with Crippen molar-refractivity contribution in [2.45, 2.75) is 32.3 Å². The summed E-state index contributed by atoms with van der Waals surface area (Å²) < 4.78 is 11.1. The molecule has 3 nitrogen and oxygen atoms in total. The molecule has 0 amide bonds. The standard InChI is InChI=1S/C14H21NO2/c1-16-14-7-6-13(15)8-12(14)10-17-9-11-4-2-3-5-11/h6-8,11H,2-5,9-10,15H2,1H3. The lowest BCUT2D eigenvalue weighted by Crippen LogP contribution is -2.06. The van der Waals surface area contributed by atoms with Crippen molar-refractivity contribution in [3.8, 4) is 5.75 Å². The number of nitrogens with two attached hydrogens (primary N) is 1. The average molecular weight is 235 g/mol. The van der Waals surface area contributed by atoms with Gasteiger partial charge >= 0.3 is 0 Å². The summed E-state index contributed by atoms with van der Waals surface area (Å²) in [6.45, 7) is 1.45. The van der Waals surface area contributed by atoms with Gasteiger partial charge in [0.1, 0.15) is 5.75 Å². The molecule has 0 aromatic heterocycles. The molecular formula is C14H21NO2. The quantitative estimate of drug-likeness (QED) is 0.798. The molecule has 1 aliphatic rings. The van der Waals surface area contributed by atoms with Gasteiger partial charge in [-0.25, -0.2) is 0 Å². The fourth-order valence-electron chi connectivity index (χ4n) is 2.42. The lowest BCUT2D eigenvalue weighted by atomic mass is 10.1. The zero-order valence-corrected chi connectivity index (χ0v) is 10.4. The largest absolute Gasteiger partial charge is 0.496 e. The first-order chi connectivity index (χ1) is 8.29. The third-order valence-corrected chi connectivity index (χ3v) is 3.39. The Bertz CT molecular complexity index is 359. The molecule has 0 spiro atoms. The molecule has 0 heterocycles. The first kappa shape index (κ1) is 12.2. The van der Waals surface area contributed by atoms with Crippen LogP contribution in [0.15, 0.2) is 18.2 Å². The van der Waals surface area contributed by atoms with Crippen LogP contribution in [-0.2, 0) is 11.3 Å². The monoisotopic (exact) mass is 235 g/mol. The smallest absolute Gasteiger partial charge is 0.124 e. The summed E-state index contributed by atoms with van der Waals surface area (Å²) in [5, 5.41) is 0. The van der Waals surface area contributed by atoms with E-state index in [4.69, 9.17) is 15.2 Å². The maximum atomic E-state index is 5.77. The Balaban J connectivity index is 1.86. The van der Waals surface area contributed by atoms with E-state index in [0.717, 1.165) is 29.5 Å². The van der Waals surface area contributed by atoms with E-state index >= 15 is 0 Å². The SMILES string of the molecule is COc1ccc(N)cc1COCC1CCCC1. The molecule has 17 heavy (non-hydrogen) atoms. The van der Waals surface area contributed by atoms with Crippen molar-refractivity contribution in [1.29, 1.82) is 0 Å². The topological polar surface area (TPSA) is 44.5 Å². The molecule has 1 aromatic carbocycles. The van der Waals surface area contributed by atoms with Gasteiger partial charge in [0.05, 0.1) is 13.7 Å². The molecule has 0 aliphatic heterocycles. The summed E-state index contributed by atoms with van der Waals surface area (Å²) in [5.74, 6) is 1.60. The Morgan fingerprint density at radius 2 is 2.06 bits per heavy atom. The molecule has 0 atom stereocenters. The highest BCUT2D eigenvalue weighted by molar-refractivity contribution is 5.47. The van der Waals surface area contributed by atoms with E-state index in [1.54, 1.807) is 7.11 Å². The molecule has 1 aromatic rings. The van der Waals surface area contributed by atoms with Crippen LogP contribution in [-0.4, -0.2) is 13.7 Å². The molecule has 2 rings (SSSR count). The number of nitrogen functional groups attached to an aromatic ring is 1. The summed E-state index contributed by atoms with van der Waals surface area (Å²) >= 11 is 0. The highest BCUT2D eigenvalue weighted by atomic mass is 16.5. The van der Waals surface area contributed by atoms with E-state index < -0.39 is 0 Å². The van der Waals surface area contributed by atoms with Crippen LogP contribution in [0.4, 0.5) is 5.69 Å². The van der Waals surface area contributed by atoms with Gasteiger partial charge < -0.3 is 15.2 Å². The van der Waals surface area contributed by atoms with Crippen LogP contribution in [0.25, 0.3) is 0 Å². The van der Waals surface area contributed by atoms with Crippen LogP contribution in [0.1, 0.15) is 31.2 Å². The third-order valence-electron chi connectivity index (χ3n) is 3.39. The van der Waals surface area contributed by atoms with E-state index in [1.165, 1.54) is 25.7 Å². The minimum absolute atomic E-state index is 0.588. The normalized spacial score (nSPS) is 16.3. The van der Waals surface area contributed by atoms with Crippen molar-refractivity contribution >= 4 is 5.69 Å². The van der Waals surface area contributed by atoms with E-state index in [1.807, 2.05) is 18.2 Å². The number of anilines is 1. The van der Waals surface area contributed by atoms with Crippen LogP contribution in [0.2, 0.25) is 0 Å². The average Bonchev–Trinajstić information content (AvgIpc) is 2.82. The zero-order chi connectivity index (χ0) is 12.1. The maximum Gasteiger partial charge on any atom is 0.124 e. The molecule has 0 radical (unpaired) electrons. The van der Waals surface area contributed by atoms with Crippen LogP contribution in [0, 0.1) is 5.92 Å². The van der Waals surface area contributed by atoms with Crippen molar-refractivity contribution in [1.82, 2.24) is 0 Å². The molecule has 1 saturated carbocycles. The van der Waals surface area contributed by atoms with Crippen LogP contribution < -0.4 is 10.5 Å². The molecule has 2 N–H and O–H groups in total. The van der Waals surface area contributed by atoms with Gasteiger partial charge in [0.2, 0.25) is 0 Å². The van der Waals surface area contributed by atoms with E-state index in [9.17, 15) is 0 Å². The first-order valence-corrected chi connectivity index (χ1v) is 6.29. The van der Waals surface area contributed by atoms with Gasteiger partial charge in [-0.3, -0.25) is 0 Å². The Kier molecular flexibility index (Phi) is 4.26. The van der Waals surface area contributed by atoms with E-state index in [0.29, 0.717) is 6.61 Å². The lowest BCUT2D eigenvalue weighted by Gasteiger charge is -2.12. The highest BCUT2D eigenvalue weighted by Crippen LogP contribution is 2.26. The Labute approximate surface area is 103 Å². The van der Waals surface area contributed by atoms with Crippen LogP contribution >= 0.6 is 0 Å². The molecule has 1 fully saturated rings. The molecular weight excluding hydrogens is 214 g/mol. The van der Waals surface area contributed by atoms with Gasteiger partial charge in [0.25, 0.3) is 0 Å². The molecule has 1 aliphatic carbocycles. The molecule has 3 heteroatoms. The van der Waals surface area contributed by atoms with E-state index in [-0.39, 0.29) is 0 Å². The van der Waals surface area contributed by atoms with Crippen molar-refractivity contribution in [3.63, 3.8) is 0 Å². The Morgan fingerprint density at radius 1 is 1.29 bits per heavy atom. The molecule has 0 bridgehead atoms. The van der Waals surface area contributed by atoms with Gasteiger partial charge in [0.15, 0.2) is 0 Å². The summed E-state index contributed by atoms with van der Waals surface area (Å²) in [5.41, 5.74) is 7.55. The second kappa shape index (κ2) is 5.92. The summed E-state index contributed by atoms with van der Waals surface area (Å²) in [7, 11) is 1.67. The number of benzene rings is 1. The van der Waals surface area contributed by atoms with Gasteiger partial charge in [-0.05, 0) is 37.0 Å². The minimum Gasteiger partial charge on any atom is -0.496 e. The third kappa shape index (κ3) is 3.37. The van der Waals surface area contributed by atoms with Gasteiger partial charge in [-0.15, -0.1) is 0 Å². The predicted octanol–water partition coefficient (Wildman–Crippen LogP) is 2.98. The summed E-state index contributed by atoms with van der Waals surface area (Å²) in [6, 6.07) is 5.66. The van der Waals surface area contributed by atoms with Crippen molar-refractivity contribution < 1.29 is 9.47 Å². The summed E-state index contributed by atoms with van der Waals surface area (Å²) in [6.07, 6.45) is 5.34. The molecule has 94 valence electrons. The number of ether oxygens (including phenoxy) is 2. The first-order valence-electron chi connectivity index (χ1n) is 6.29. The fourth-order valence-corrected chi connectivity index (χ4v) is 2.42. The lowest BCUT2D eigenvalue weighted by molar-refractivity contribution is 0.0875. The van der Waals surface area contributed by atoms with Gasteiger partial charge in [-0.1, -0.05) is 12.8 Å². The second-order valence-electron chi connectivity index (χ2n) is 4.74. The molecule has 0 saturated heterocycles. The van der Waals surface area contributed by atoms with Gasteiger partial charge in [0, 0.05) is 17.9 Å². The van der Waals surface area contributed by atoms with Gasteiger partial charge in [-0.2, -0.15) is 0 Å². The minimum atomic E-state index is 0.588. The maximum absolute atomic E-state index is 5.77. The van der Waals surface area contributed by atoms with E-state index in [2.05, 4.69) is 0 Å². The molecule has 0 unspecified atom stereocenters. The Morgan fingerprint density at radius 3 is 2.76 bits per heavy atom. The van der Waals surface area contributed by atoms with Crippen molar-refractivity contribution in [2.75, 3.05) is 19.5 Å². The zero-order valence-electron chi connectivity index (χ0n) is 10.4. The fraction of sp³-hybridized carbons (Fsp3) is 0.571. The Hall–Kier alpha value is -1.22. The second-order valence-corrected chi connectivity index (χ2v) is 4.74. The number of rotatable bonds is 5.